The van der Waals surface area contributed by atoms with E-state index in [0.29, 0.717) is 4.78 Å². The maximum Gasteiger partial charge on any atom is 0.499 e. The van der Waals surface area contributed by atoms with Gasteiger partial charge in [0.25, 0.3) is 0 Å². The first-order valence-electron chi connectivity index (χ1n) is 6.51. The predicted octanol–water partition coefficient (Wildman–Crippen LogP) is 3.48. The first kappa shape index (κ1) is 14.3. The van der Waals surface area contributed by atoms with Gasteiger partial charge in [-0.15, -0.1) is 22.7 Å². The molecule has 0 fully saturated rings. The summed E-state index contributed by atoms with van der Waals surface area (Å²) in [5, 5.41) is 22.3. The third-order valence-electron chi connectivity index (χ3n) is 3.06. The van der Waals surface area contributed by atoms with Crippen LogP contribution in [0.1, 0.15) is 0 Å². The van der Waals surface area contributed by atoms with Crippen LogP contribution in [0.5, 0.6) is 0 Å². The van der Waals surface area contributed by atoms with Gasteiger partial charge >= 0.3 is 7.12 Å². The van der Waals surface area contributed by atoms with Gasteiger partial charge in [-0.2, -0.15) is 0 Å². The quantitative estimate of drug-likeness (QED) is 0.528. The van der Waals surface area contributed by atoms with E-state index in [-0.39, 0.29) is 0 Å². The highest BCUT2D eigenvalue weighted by atomic mass is 32.1. The van der Waals surface area contributed by atoms with Gasteiger partial charge in [0, 0.05) is 14.2 Å². The maximum absolute atomic E-state index is 8.89. The minimum atomic E-state index is -1.35. The molecule has 0 aliphatic heterocycles. The maximum atomic E-state index is 8.89. The molecule has 0 radical (unpaired) electrons. The molecule has 0 spiro atoms. The van der Waals surface area contributed by atoms with Gasteiger partial charge < -0.3 is 10.0 Å². The van der Waals surface area contributed by atoms with Crippen LogP contribution in [0.2, 0.25) is 0 Å². The van der Waals surface area contributed by atoms with Crippen LogP contribution < -0.4 is 4.78 Å². The van der Waals surface area contributed by atoms with Gasteiger partial charge in [-0.25, -0.2) is 0 Å². The lowest BCUT2D eigenvalue weighted by molar-refractivity contribution is 0.427. The second-order valence-electron chi connectivity index (χ2n) is 4.52. The fourth-order valence-corrected chi connectivity index (χ4v) is 3.76. The summed E-state index contributed by atoms with van der Waals surface area (Å²) in [5.41, 5.74) is 0. The molecular weight excluding hydrogens is 299 g/mol. The van der Waals surface area contributed by atoms with Gasteiger partial charge in [0.1, 0.15) is 0 Å². The molecule has 0 saturated carbocycles. The molecule has 0 amide bonds. The predicted molar refractivity (Wildman–Crippen MR) is 93.5 cm³/mol. The molecule has 104 valence electrons. The number of hydrogen-bond acceptors (Lipinski definition) is 4. The van der Waals surface area contributed by atoms with E-state index in [1.165, 1.54) is 21.4 Å². The van der Waals surface area contributed by atoms with Gasteiger partial charge in [-0.05, 0) is 40.4 Å². The molecular formula is C16H13BO2S2. The Balaban J connectivity index is 0.000000131. The minimum Gasteiger partial charge on any atom is -0.423 e. The van der Waals surface area contributed by atoms with Crippen LogP contribution in [0.15, 0.2) is 66.0 Å². The Morgan fingerprint density at radius 2 is 1.43 bits per heavy atom. The monoisotopic (exact) mass is 312 g/mol. The van der Waals surface area contributed by atoms with E-state index < -0.39 is 7.12 Å². The average Bonchev–Trinajstić information content (AvgIpc) is 3.14. The Hall–Kier alpha value is -1.66. The number of benzene rings is 2. The summed E-state index contributed by atoms with van der Waals surface area (Å²) in [7, 11) is -1.35. The summed E-state index contributed by atoms with van der Waals surface area (Å²) in [6.45, 7) is 0. The van der Waals surface area contributed by atoms with Crippen LogP contribution in [0.4, 0.5) is 0 Å². The number of hydrogen-bond donors (Lipinski definition) is 2. The first-order valence-corrected chi connectivity index (χ1v) is 8.20. The zero-order chi connectivity index (χ0) is 14.7. The summed E-state index contributed by atoms with van der Waals surface area (Å²) in [5.74, 6) is 0. The number of rotatable bonds is 1. The molecule has 0 aliphatic carbocycles. The highest BCUT2D eigenvalue weighted by Gasteiger charge is 2.13. The Labute approximate surface area is 131 Å². The van der Waals surface area contributed by atoms with Crippen LogP contribution in [-0.2, 0) is 0 Å². The van der Waals surface area contributed by atoms with E-state index >= 15 is 0 Å². The van der Waals surface area contributed by atoms with E-state index in [4.69, 9.17) is 10.0 Å². The molecule has 5 heteroatoms. The number of thiophene rings is 2. The standard InChI is InChI=1S/C8H7BO2S.C8H6S/c10-9(11)8-5-6-3-1-2-4-7(6)12-8;1-2-4-8-7(3-1)5-6-9-8/h1-5,10-11H;1-6H. The summed E-state index contributed by atoms with van der Waals surface area (Å²) < 4.78 is 3.05. The van der Waals surface area contributed by atoms with E-state index in [1.54, 1.807) is 17.4 Å². The SMILES string of the molecule is OB(O)c1cc2ccccc2s1.c1ccc2sccc2c1. The van der Waals surface area contributed by atoms with Crippen molar-refractivity contribution in [3.05, 3.63) is 66.0 Å². The van der Waals surface area contributed by atoms with E-state index in [9.17, 15) is 0 Å². The van der Waals surface area contributed by atoms with Crippen molar-refractivity contribution in [1.29, 1.82) is 0 Å². The lowest BCUT2D eigenvalue weighted by Gasteiger charge is -1.87. The molecule has 0 atom stereocenters. The molecule has 2 nitrogen and oxygen atoms in total. The topological polar surface area (TPSA) is 40.5 Å². The highest BCUT2D eigenvalue weighted by Crippen LogP contribution is 2.19. The zero-order valence-corrected chi connectivity index (χ0v) is 12.8. The van der Waals surface area contributed by atoms with Crippen LogP contribution in [0.3, 0.4) is 0 Å². The van der Waals surface area contributed by atoms with Crippen LogP contribution in [-0.4, -0.2) is 17.2 Å². The molecule has 0 bridgehead atoms. The number of fused-ring (bicyclic) bond motifs is 2. The van der Waals surface area contributed by atoms with Gasteiger partial charge in [-0.1, -0.05) is 36.4 Å². The molecule has 4 rings (SSSR count). The minimum absolute atomic E-state index is 0.594. The Morgan fingerprint density at radius 1 is 0.762 bits per heavy atom. The van der Waals surface area contributed by atoms with E-state index in [0.717, 1.165) is 10.1 Å². The Bertz CT molecular complexity index is 788. The molecule has 0 saturated heterocycles. The summed E-state index contributed by atoms with van der Waals surface area (Å²) in [4.78, 5) is 0. The summed E-state index contributed by atoms with van der Waals surface area (Å²) in [6, 6.07) is 20.1. The Morgan fingerprint density at radius 3 is 2.10 bits per heavy atom. The highest BCUT2D eigenvalue weighted by molar-refractivity contribution is 7.27. The van der Waals surface area contributed by atoms with Gasteiger partial charge in [-0.3, -0.25) is 0 Å². The van der Waals surface area contributed by atoms with Crippen molar-refractivity contribution in [2.75, 3.05) is 0 Å². The molecule has 2 N–H and O–H groups in total. The molecule has 2 aromatic heterocycles. The van der Waals surface area contributed by atoms with Crippen LogP contribution in [0, 0.1) is 0 Å². The molecule has 21 heavy (non-hydrogen) atoms. The fraction of sp³-hybridized carbons (Fsp3) is 0. The third-order valence-corrected chi connectivity index (χ3v) is 5.11. The van der Waals surface area contributed by atoms with E-state index in [1.807, 2.05) is 24.3 Å². The van der Waals surface area contributed by atoms with Crippen molar-refractivity contribution in [2.45, 2.75) is 0 Å². The van der Waals surface area contributed by atoms with Crippen molar-refractivity contribution in [3.63, 3.8) is 0 Å². The summed E-state index contributed by atoms with van der Waals surface area (Å²) >= 11 is 3.19. The molecule has 0 aliphatic rings. The lowest BCUT2D eigenvalue weighted by Crippen LogP contribution is -2.26. The first-order chi connectivity index (χ1) is 10.2. The lowest BCUT2D eigenvalue weighted by atomic mass is 9.89. The molecule has 0 unspecified atom stereocenters. The smallest absolute Gasteiger partial charge is 0.423 e. The third kappa shape index (κ3) is 3.33. The normalized spacial score (nSPS) is 10.4. The van der Waals surface area contributed by atoms with Crippen LogP contribution >= 0.6 is 22.7 Å². The average molecular weight is 312 g/mol. The van der Waals surface area contributed by atoms with Gasteiger partial charge in [0.05, 0.1) is 0 Å². The fourth-order valence-electron chi connectivity index (χ4n) is 2.04. The van der Waals surface area contributed by atoms with Crippen molar-refractivity contribution in [1.82, 2.24) is 0 Å². The molecule has 4 aromatic rings. The summed E-state index contributed by atoms with van der Waals surface area (Å²) in [6.07, 6.45) is 0. The second-order valence-corrected chi connectivity index (χ2v) is 6.58. The van der Waals surface area contributed by atoms with Crippen LogP contribution in [0.25, 0.3) is 20.2 Å². The van der Waals surface area contributed by atoms with E-state index in [2.05, 4.69) is 35.7 Å². The van der Waals surface area contributed by atoms with Crippen molar-refractivity contribution in [2.24, 2.45) is 0 Å². The zero-order valence-electron chi connectivity index (χ0n) is 11.1. The van der Waals surface area contributed by atoms with Crippen molar-refractivity contribution < 1.29 is 10.0 Å². The van der Waals surface area contributed by atoms with Crippen molar-refractivity contribution in [3.8, 4) is 0 Å². The second kappa shape index (κ2) is 6.41. The van der Waals surface area contributed by atoms with Gasteiger partial charge in [0.15, 0.2) is 0 Å². The largest absolute Gasteiger partial charge is 0.499 e. The molecule has 2 heterocycles. The Kier molecular flexibility index (Phi) is 4.36. The van der Waals surface area contributed by atoms with Crippen molar-refractivity contribution >= 4 is 54.7 Å². The van der Waals surface area contributed by atoms with Gasteiger partial charge in [0.2, 0.25) is 0 Å². The molecule has 2 aromatic carbocycles.